The van der Waals surface area contributed by atoms with Gasteiger partial charge in [0.25, 0.3) is 0 Å². The monoisotopic (exact) mass is 680 g/mol. The van der Waals surface area contributed by atoms with Crippen molar-refractivity contribution >= 4 is 89.0 Å². The molecule has 53 heavy (non-hydrogen) atoms. The fourth-order valence-electron chi connectivity index (χ4n) is 9.41. The number of rotatable bonds is 1. The Morgan fingerprint density at radius 1 is 0.453 bits per heavy atom. The number of anilines is 3. The summed E-state index contributed by atoms with van der Waals surface area (Å²) in [4.78, 5) is 2.59. The average Bonchev–Trinajstić information content (AvgIpc) is 3.48. The van der Waals surface area contributed by atoms with Crippen molar-refractivity contribution in [2.75, 3.05) is 4.90 Å². The Hall–Kier alpha value is -5.80. The van der Waals surface area contributed by atoms with Crippen LogP contribution >= 0.6 is 0 Å². The molecule has 0 N–H and O–H groups in total. The van der Waals surface area contributed by atoms with Crippen molar-refractivity contribution in [1.29, 1.82) is 0 Å². The summed E-state index contributed by atoms with van der Waals surface area (Å²) < 4.78 is 2.66. The molecule has 2 nitrogen and oxygen atoms in total. The molecule has 2 aliphatic rings. The molecule has 0 saturated carbocycles. The van der Waals surface area contributed by atoms with Crippen molar-refractivity contribution in [1.82, 2.24) is 4.48 Å². The van der Waals surface area contributed by atoms with Gasteiger partial charge in [0.15, 0.2) is 0 Å². The van der Waals surface area contributed by atoms with E-state index in [1.54, 1.807) is 0 Å². The maximum absolute atomic E-state index is 2.66. The summed E-state index contributed by atoms with van der Waals surface area (Å²) in [7, 11) is 0. The zero-order chi connectivity index (χ0) is 36.0. The fourth-order valence-corrected chi connectivity index (χ4v) is 9.41. The second-order valence-electron chi connectivity index (χ2n) is 17.5. The van der Waals surface area contributed by atoms with Gasteiger partial charge in [-0.3, -0.25) is 0 Å². The van der Waals surface area contributed by atoms with Gasteiger partial charge in [-0.15, -0.1) is 0 Å². The zero-order valence-electron chi connectivity index (χ0n) is 31.3. The lowest BCUT2D eigenvalue weighted by Gasteiger charge is -2.41. The van der Waals surface area contributed by atoms with Gasteiger partial charge in [-0.1, -0.05) is 126 Å². The predicted molar refractivity (Wildman–Crippen MR) is 230 cm³/mol. The molecule has 2 aliphatic heterocycles. The van der Waals surface area contributed by atoms with E-state index in [1.165, 1.54) is 104 Å². The number of hydrogen-bond donors (Lipinski definition) is 0. The Kier molecular flexibility index (Phi) is 6.05. The first kappa shape index (κ1) is 30.8. The highest BCUT2D eigenvalue weighted by molar-refractivity contribution is 6.90. The van der Waals surface area contributed by atoms with E-state index in [0.29, 0.717) is 0 Å². The Morgan fingerprint density at radius 2 is 1.02 bits per heavy atom. The van der Waals surface area contributed by atoms with E-state index in [9.17, 15) is 0 Å². The molecule has 0 saturated heterocycles. The lowest BCUT2D eigenvalue weighted by atomic mass is 9.45. The molecule has 0 spiro atoms. The molecular weight excluding hydrogens is 639 g/mol. The average molecular weight is 681 g/mol. The topological polar surface area (TPSA) is 8.17 Å². The minimum absolute atomic E-state index is 0.00699. The highest BCUT2D eigenvalue weighted by Crippen LogP contribution is 2.47. The fraction of sp³-hybridized carbons (Fsp3) is 0.160. The van der Waals surface area contributed by atoms with E-state index in [-0.39, 0.29) is 17.7 Å². The Balaban J connectivity index is 1.29. The van der Waals surface area contributed by atoms with Crippen LogP contribution in [0.25, 0.3) is 65.3 Å². The van der Waals surface area contributed by atoms with Gasteiger partial charge < -0.3 is 9.38 Å². The molecule has 0 bridgehead atoms. The largest absolute Gasteiger partial charge is 0.375 e. The van der Waals surface area contributed by atoms with Crippen molar-refractivity contribution in [2.45, 2.75) is 52.4 Å². The van der Waals surface area contributed by atoms with Crippen LogP contribution in [0, 0.1) is 0 Å². The van der Waals surface area contributed by atoms with Gasteiger partial charge in [0, 0.05) is 44.4 Å². The second kappa shape index (κ2) is 10.4. The SMILES string of the molecule is CC(C)(C)c1cc(N2c3cc4cc5cc6ccccc6cc5cc4cc3B3c4c(cccc42)-c2cccc4c5ccccc5n3c24)cc(C(C)(C)C)c1. The van der Waals surface area contributed by atoms with Crippen LogP contribution in [0.2, 0.25) is 0 Å². The van der Waals surface area contributed by atoms with E-state index in [4.69, 9.17) is 0 Å². The third-order valence-electron chi connectivity index (χ3n) is 12.1. The van der Waals surface area contributed by atoms with Crippen LogP contribution in [-0.2, 0) is 10.8 Å². The van der Waals surface area contributed by atoms with Crippen LogP contribution < -0.4 is 15.8 Å². The zero-order valence-corrected chi connectivity index (χ0v) is 31.3. The number of benzene rings is 8. The number of hydrogen-bond acceptors (Lipinski definition) is 1. The standard InChI is InChI=1S/C50H41BN2/c1-49(2,3)36-27-37(50(4,5)6)29-38(28-36)52-45-20-12-16-40-42-18-11-17-41-39-15-9-10-19-44(39)53(48(41)42)51(47(40)45)43-25-34-23-32-21-30-13-7-8-14-31(30)22-33(32)24-35(34)26-46(43)52/h7-29H,1-6H3. The Bertz CT molecular complexity index is 3010. The highest BCUT2D eigenvalue weighted by atomic mass is 15.2. The van der Waals surface area contributed by atoms with E-state index in [1.807, 2.05) is 0 Å². The van der Waals surface area contributed by atoms with Crippen molar-refractivity contribution in [3.63, 3.8) is 0 Å². The highest BCUT2D eigenvalue weighted by Gasteiger charge is 2.43. The molecule has 1 aromatic heterocycles. The van der Waals surface area contributed by atoms with Crippen LogP contribution in [-0.4, -0.2) is 11.3 Å². The number of nitrogens with zero attached hydrogens (tertiary/aromatic N) is 2. The van der Waals surface area contributed by atoms with Crippen LogP contribution in [0.4, 0.5) is 17.1 Å². The van der Waals surface area contributed by atoms with Crippen LogP contribution in [0.15, 0.2) is 140 Å². The van der Waals surface area contributed by atoms with Gasteiger partial charge in [-0.2, -0.15) is 0 Å². The predicted octanol–water partition coefficient (Wildman–Crippen LogP) is 12.3. The molecule has 0 aliphatic carbocycles. The first-order valence-corrected chi connectivity index (χ1v) is 19.0. The number of fused-ring (bicyclic) bond motifs is 10. The quantitative estimate of drug-likeness (QED) is 0.124. The van der Waals surface area contributed by atoms with Crippen molar-refractivity contribution in [3.05, 3.63) is 151 Å². The molecule has 11 rings (SSSR count). The third kappa shape index (κ3) is 4.34. The summed E-state index contributed by atoms with van der Waals surface area (Å²) in [6, 6.07) is 53.5. The van der Waals surface area contributed by atoms with Gasteiger partial charge in [-0.25, -0.2) is 0 Å². The number of aromatic nitrogens is 1. The minimum Gasteiger partial charge on any atom is -0.375 e. The van der Waals surface area contributed by atoms with Crippen molar-refractivity contribution in [3.8, 4) is 11.1 Å². The van der Waals surface area contributed by atoms with Crippen LogP contribution in [0.1, 0.15) is 52.7 Å². The summed E-state index contributed by atoms with van der Waals surface area (Å²) in [5, 5.41) is 10.3. The smallest absolute Gasteiger partial charge is 0.333 e. The van der Waals surface area contributed by atoms with Crippen LogP contribution in [0.5, 0.6) is 0 Å². The van der Waals surface area contributed by atoms with E-state index >= 15 is 0 Å². The molecule has 0 radical (unpaired) electrons. The van der Waals surface area contributed by atoms with E-state index in [0.717, 1.165) is 0 Å². The lowest BCUT2D eigenvalue weighted by molar-refractivity contribution is 0.569. The molecule has 3 heterocycles. The van der Waals surface area contributed by atoms with Gasteiger partial charge >= 0.3 is 6.85 Å². The summed E-state index contributed by atoms with van der Waals surface area (Å²) in [5.74, 6) is 0. The van der Waals surface area contributed by atoms with Gasteiger partial charge in [0.2, 0.25) is 0 Å². The molecule has 0 unspecified atom stereocenters. The summed E-state index contributed by atoms with van der Waals surface area (Å²) in [6.07, 6.45) is 0. The summed E-state index contributed by atoms with van der Waals surface area (Å²) in [5.41, 5.74) is 14.4. The molecule has 0 fully saturated rings. The lowest BCUT2D eigenvalue weighted by Crippen LogP contribution is -2.56. The Labute approximate surface area is 311 Å². The maximum atomic E-state index is 2.66. The van der Waals surface area contributed by atoms with Gasteiger partial charge in [-0.05, 0) is 125 Å². The third-order valence-corrected chi connectivity index (χ3v) is 12.1. The molecule has 9 aromatic rings. The normalized spacial score (nSPS) is 13.8. The van der Waals surface area contributed by atoms with Crippen LogP contribution in [0.3, 0.4) is 0 Å². The summed E-state index contributed by atoms with van der Waals surface area (Å²) >= 11 is 0. The van der Waals surface area contributed by atoms with E-state index in [2.05, 4.69) is 190 Å². The van der Waals surface area contributed by atoms with Gasteiger partial charge in [0.05, 0.1) is 0 Å². The minimum atomic E-state index is -0.00699. The Morgan fingerprint density at radius 3 is 1.72 bits per heavy atom. The number of para-hydroxylation sites is 2. The molecule has 3 heteroatoms. The maximum Gasteiger partial charge on any atom is 0.333 e. The molecule has 8 aromatic carbocycles. The second-order valence-corrected chi connectivity index (χ2v) is 17.5. The van der Waals surface area contributed by atoms with Crippen molar-refractivity contribution < 1.29 is 0 Å². The molecule has 0 amide bonds. The molecular formula is C50H41BN2. The van der Waals surface area contributed by atoms with Crippen molar-refractivity contribution in [2.24, 2.45) is 0 Å². The van der Waals surface area contributed by atoms with Gasteiger partial charge in [0.1, 0.15) is 0 Å². The molecule has 254 valence electrons. The summed E-state index contributed by atoms with van der Waals surface area (Å²) in [6.45, 7) is 14.1. The first-order valence-electron chi connectivity index (χ1n) is 19.0. The van der Waals surface area contributed by atoms with E-state index < -0.39 is 0 Å². The molecule has 0 atom stereocenters. The first-order chi connectivity index (χ1) is 25.5.